The normalized spacial score (nSPS) is 25.5. The number of carbonyl (C=O) groups is 1. The van der Waals surface area contributed by atoms with E-state index >= 15 is 4.39 Å². The number of pyridine rings is 1. The molecule has 2 aromatic carbocycles. The van der Waals surface area contributed by atoms with Gasteiger partial charge in [-0.1, -0.05) is 40.5 Å². The van der Waals surface area contributed by atoms with Gasteiger partial charge in [0.2, 0.25) is 5.91 Å². The lowest BCUT2D eigenvalue weighted by Crippen LogP contribution is -2.41. The van der Waals surface area contributed by atoms with Crippen LogP contribution in [0.5, 0.6) is 0 Å². The topological polar surface area (TPSA) is 105 Å². The van der Waals surface area contributed by atoms with Crippen LogP contribution in [0.1, 0.15) is 91.6 Å². The third kappa shape index (κ3) is 4.95. The molecule has 5 aromatic rings. The van der Waals surface area contributed by atoms with Gasteiger partial charge in [-0.15, -0.1) is 5.10 Å². The van der Waals surface area contributed by atoms with Crippen molar-refractivity contribution in [2.24, 2.45) is 11.8 Å². The molecule has 12 heteroatoms. The Morgan fingerprint density at radius 3 is 2.71 bits per heavy atom. The number of aryl methyl sites for hydroxylation is 2. The van der Waals surface area contributed by atoms with Crippen LogP contribution in [0.25, 0.3) is 32.9 Å². The maximum atomic E-state index is 17.2. The zero-order valence-electron chi connectivity index (χ0n) is 28.2. The minimum absolute atomic E-state index is 0.0106. The quantitative estimate of drug-likeness (QED) is 0.174. The molecule has 0 radical (unpaired) electrons. The Labute approximate surface area is 304 Å². The molecule has 5 atom stereocenters. The fraction of sp³-hybridized carbons (Fsp3) is 0.462. The van der Waals surface area contributed by atoms with Crippen LogP contribution in [0.3, 0.4) is 0 Å². The number of hydrogen-bond donors (Lipinski definition) is 1. The van der Waals surface area contributed by atoms with Crippen LogP contribution in [0, 0.1) is 35.9 Å². The SMILES string of the molecule is Cc1nc2c(F)c(-c3cccc(Cl)c3Cl)c(CCC#N)cc2c2c1cc(C1CC(n3cc(C4CC4)nn3)CN1C(=O)C1CC1)n2C1C2CNC1C2. The number of amides is 1. The average Bonchev–Trinajstić information content (AvgIpc) is 3.82. The molecular formula is C39H37Cl2FN8O. The first-order valence-corrected chi connectivity index (χ1v) is 19.0. The van der Waals surface area contributed by atoms with Gasteiger partial charge in [0.25, 0.3) is 0 Å². The van der Waals surface area contributed by atoms with Crippen LogP contribution in [0.2, 0.25) is 10.0 Å². The molecule has 2 bridgehead atoms. The number of nitrogens with zero attached hydrogens (tertiary/aromatic N) is 7. The summed E-state index contributed by atoms with van der Waals surface area (Å²) in [7, 11) is 0. The number of nitriles is 1. The molecule has 9 nitrogen and oxygen atoms in total. The summed E-state index contributed by atoms with van der Waals surface area (Å²) >= 11 is 13.1. The van der Waals surface area contributed by atoms with E-state index < -0.39 is 5.82 Å². The molecule has 1 amide bonds. The molecule has 3 saturated carbocycles. The van der Waals surface area contributed by atoms with Gasteiger partial charge in [0.1, 0.15) is 5.52 Å². The van der Waals surface area contributed by atoms with Gasteiger partial charge < -0.3 is 14.8 Å². The number of likely N-dealkylation sites (tertiary alicyclic amines) is 1. The van der Waals surface area contributed by atoms with Crippen LogP contribution >= 0.6 is 23.2 Å². The third-order valence-electron chi connectivity index (χ3n) is 12.2. The summed E-state index contributed by atoms with van der Waals surface area (Å²) in [4.78, 5) is 21.1. The van der Waals surface area contributed by atoms with E-state index in [0.717, 1.165) is 73.1 Å². The monoisotopic (exact) mass is 722 g/mol. The maximum absolute atomic E-state index is 17.2. The summed E-state index contributed by atoms with van der Waals surface area (Å²) in [6.07, 6.45) is 8.63. The lowest BCUT2D eigenvalue weighted by Gasteiger charge is -2.39. The fourth-order valence-corrected chi connectivity index (χ4v) is 9.62. The van der Waals surface area contributed by atoms with Crippen LogP contribution in [0.15, 0.2) is 36.5 Å². The fourth-order valence-electron chi connectivity index (χ4n) is 9.23. The predicted octanol–water partition coefficient (Wildman–Crippen LogP) is 7.99. The minimum Gasteiger partial charge on any atom is -0.337 e. The molecule has 0 spiro atoms. The molecule has 6 fully saturated rings. The lowest BCUT2D eigenvalue weighted by atomic mass is 9.79. The molecule has 3 aliphatic heterocycles. The molecule has 3 aromatic heterocycles. The highest BCUT2D eigenvalue weighted by Crippen LogP contribution is 2.52. The van der Waals surface area contributed by atoms with E-state index in [1.165, 1.54) is 0 Å². The smallest absolute Gasteiger partial charge is 0.226 e. The maximum Gasteiger partial charge on any atom is 0.226 e. The van der Waals surface area contributed by atoms with Crippen molar-refractivity contribution in [2.45, 2.75) is 88.4 Å². The van der Waals surface area contributed by atoms with E-state index in [1.807, 2.05) is 17.7 Å². The summed E-state index contributed by atoms with van der Waals surface area (Å²) in [5, 5.41) is 24.7. The van der Waals surface area contributed by atoms with Crippen molar-refractivity contribution < 1.29 is 9.18 Å². The van der Waals surface area contributed by atoms with E-state index in [1.54, 1.807) is 18.2 Å². The first-order chi connectivity index (χ1) is 24.8. The molecule has 11 rings (SSSR count). The first kappa shape index (κ1) is 31.7. The second-order valence-corrected chi connectivity index (χ2v) is 16.1. The molecule has 6 heterocycles. The molecule has 260 valence electrons. The van der Waals surface area contributed by atoms with Crippen molar-refractivity contribution in [1.82, 2.24) is 34.8 Å². The average molecular weight is 724 g/mol. The molecule has 5 unspecified atom stereocenters. The number of carbonyl (C=O) groups excluding carboxylic acids is 1. The Balaban J connectivity index is 1.19. The lowest BCUT2D eigenvalue weighted by molar-refractivity contribution is -0.133. The highest BCUT2D eigenvalue weighted by molar-refractivity contribution is 6.43. The first-order valence-electron chi connectivity index (χ1n) is 18.2. The van der Waals surface area contributed by atoms with Gasteiger partial charge in [-0.25, -0.2) is 14.1 Å². The molecule has 51 heavy (non-hydrogen) atoms. The number of aromatic nitrogens is 5. The van der Waals surface area contributed by atoms with Gasteiger partial charge in [0.15, 0.2) is 5.82 Å². The summed E-state index contributed by atoms with van der Waals surface area (Å²) in [5.41, 5.74) is 5.56. The van der Waals surface area contributed by atoms with Crippen molar-refractivity contribution >= 4 is 50.9 Å². The van der Waals surface area contributed by atoms with Crippen molar-refractivity contribution in [3.05, 3.63) is 75.0 Å². The second-order valence-electron chi connectivity index (χ2n) is 15.3. The van der Waals surface area contributed by atoms with E-state index in [4.69, 9.17) is 28.2 Å². The number of fused-ring (bicyclic) bond motifs is 4. The third-order valence-corrected chi connectivity index (χ3v) is 13.0. The summed E-state index contributed by atoms with van der Waals surface area (Å²) in [6, 6.07) is 12.0. The molecule has 6 aliphatic rings. The van der Waals surface area contributed by atoms with Gasteiger partial charge in [-0.3, -0.25) is 4.79 Å². The van der Waals surface area contributed by atoms with E-state index in [0.29, 0.717) is 57.9 Å². The number of benzene rings is 2. The van der Waals surface area contributed by atoms with Crippen molar-refractivity contribution in [2.75, 3.05) is 13.1 Å². The zero-order valence-corrected chi connectivity index (χ0v) is 29.8. The number of hydrogen-bond acceptors (Lipinski definition) is 6. The van der Waals surface area contributed by atoms with Crippen LogP contribution in [-0.4, -0.2) is 54.5 Å². The van der Waals surface area contributed by atoms with E-state index in [2.05, 4.69) is 43.4 Å². The van der Waals surface area contributed by atoms with Crippen LogP contribution < -0.4 is 5.32 Å². The Bertz CT molecular complexity index is 2310. The van der Waals surface area contributed by atoms with Crippen molar-refractivity contribution in [1.29, 1.82) is 5.26 Å². The van der Waals surface area contributed by atoms with Gasteiger partial charge in [0, 0.05) is 76.9 Å². The number of rotatable bonds is 8. The summed E-state index contributed by atoms with van der Waals surface area (Å²) in [6.45, 7) is 3.45. The van der Waals surface area contributed by atoms with Crippen LogP contribution in [0.4, 0.5) is 4.39 Å². The second kappa shape index (κ2) is 11.7. The van der Waals surface area contributed by atoms with Gasteiger partial charge >= 0.3 is 0 Å². The predicted molar refractivity (Wildman–Crippen MR) is 193 cm³/mol. The number of halogens is 3. The van der Waals surface area contributed by atoms with Crippen LogP contribution in [-0.2, 0) is 11.2 Å². The van der Waals surface area contributed by atoms with Gasteiger partial charge in [0.05, 0.1) is 45.5 Å². The van der Waals surface area contributed by atoms with Gasteiger partial charge in [-0.2, -0.15) is 5.26 Å². The number of nitrogens with one attached hydrogen (secondary N) is 1. The van der Waals surface area contributed by atoms with Crippen molar-refractivity contribution in [3.63, 3.8) is 0 Å². The van der Waals surface area contributed by atoms with E-state index in [-0.39, 0.29) is 46.9 Å². The Hall–Kier alpha value is -4.04. The van der Waals surface area contributed by atoms with E-state index in [9.17, 15) is 10.1 Å². The van der Waals surface area contributed by atoms with Crippen molar-refractivity contribution in [3.8, 4) is 17.2 Å². The highest BCUT2D eigenvalue weighted by Gasteiger charge is 2.51. The standard InChI is InChI=1S/C39H37Cl2FN8O/c1-19-26-15-32(31-14-24(17-48(31)39(51)21-9-10-21)49-18-30(46-47-49)20-7-8-20)50(37-23-13-29(37)44-16-23)38(26)27-12-22(4-3-11-43)33(35(42)36(27)45-19)25-5-2-6-28(40)34(25)41/h2,5-6,12,15,18,20-21,23-24,29,31,37,44H,3-4,7-10,13-14,16-17H2,1H3. The zero-order chi connectivity index (χ0) is 34.7. The molecular weight excluding hydrogens is 686 g/mol. The Morgan fingerprint density at radius 2 is 1.98 bits per heavy atom. The summed E-state index contributed by atoms with van der Waals surface area (Å²) in [5.74, 6) is 0.747. The minimum atomic E-state index is -0.470. The molecule has 3 aliphatic carbocycles. The largest absolute Gasteiger partial charge is 0.337 e. The highest BCUT2D eigenvalue weighted by atomic mass is 35.5. The molecule has 3 saturated heterocycles. The molecule has 1 N–H and O–H groups in total. The van der Waals surface area contributed by atoms with Gasteiger partial charge in [-0.05, 0) is 81.5 Å². The Morgan fingerprint density at radius 1 is 1.14 bits per heavy atom. The summed E-state index contributed by atoms with van der Waals surface area (Å²) < 4.78 is 21.6. The Kier molecular flexibility index (Phi) is 7.29.